The number of hydrogen-bond donors (Lipinski definition) is 2. The molecule has 0 aliphatic heterocycles. The maximum absolute atomic E-state index is 13.5. The first-order chi connectivity index (χ1) is 17.2. The maximum atomic E-state index is 13.5. The Morgan fingerprint density at radius 2 is 1.78 bits per heavy atom. The number of ether oxygens (including phenoxy) is 1. The van der Waals surface area contributed by atoms with E-state index < -0.39 is 23.4 Å². The van der Waals surface area contributed by atoms with Gasteiger partial charge in [0, 0.05) is 18.3 Å². The molecular formula is C25H25ClF2N4O4. The van der Waals surface area contributed by atoms with E-state index in [1.807, 2.05) is 6.92 Å². The van der Waals surface area contributed by atoms with E-state index in [9.17, 15) is 23.2 Å². The SMILES string of the molecule is CCCCN(C(=O)c1cc(NC(=O)c2cc(F)c(F)cc2Cl)[nH]n1)c1ccc(CC(=O)OCC)cc1. The van der Waals surface area contributed by atoms with Crippen LogP contribution in [0.4, 0.5) is 20.3 Å². The molecule has 2 N–H and O–H groups in total. The fourth-order valence-corrected chi connectivity index (χ4v) is 3.59. The van der Waals surface area contributed by atoms with Crippen molar-refractivity contribution in [2.75, 3.05) is 23.4 Å². The Bertz CT molecular complexity index is 1250. The molecule has 0 aliphatic carbocycles. The number of carbonyl (C=O) groups excluding carboxylic acids is 3. The molecule has 11 heteroatoms. The molecule has 2 amide bonds. The Morgan fingerprint density at radius 1 is 1.08 bits per heavy atom. The summed E-state index contributed by atoms with van der Waals surface area (Å²) in [7, 11) is 0. The summed E-state index contributed by atoms with van der Waals surface area (Å²) in [4.78, 5) is 39.0. The minimum Gasteiger partial charge on any atom is -0.466 e. The predicted octanol–water partition coefficient (Wildman–Crippen LogP) is 5.15. The largest absolute Gasteiger partial charge is 0.466 e. The Balaban J connectivity index is 1.76. The van der Waals surface area contributed by atoms with E-state index in [0.29, 0.717) is 31.0 Å². The van der Waals surface area contributed by atoms with Gasteiger partial charge in [0.15, 0.2) is 17.3 Å². The average molecular weight is 519 g/mol. The van der Waals surface area contributed by atoms with Gasteiger partial charge in [0.1, 0.15) is 5.82 Å². The van der Waals surface area contributed by atoms with Crippen molar-refractivity contribution in [1.82, 2.24) is 10.2 Å². The lowest BCUT2D eigenvalue weighted by Gasteiger charge is -2.22. The van der Waals surface area contributed by atoms with Crippen molar-refractivity contribution in [1.29, 1.82) is 0 Å². The number of H-pyrrole nitrogens is 1. The number of benzene rings is 2. The third kappa shape index (κ3) is 6.66. The number of nitrogens with one attached hydrogen (secondary N) is 2. The van der Waals surface area contributed by atoms with E-state index in [1.54, 1.807) is 36.1 Å². The Kier molecular flexibility index (Phi) is 9.13. The standard InChI is InChI=1S/C25H25ClF2N4O4/c1-3-5-10-32(16-8-6-15(7-9-16)11-23(33)36-4-2)25(35)21-14-22(31-30-21)29-24(34)17-12-19(27)20(28)13-18(17)26/h6-9,12-14H,3-5,10-11H2,1-2H3,(H2,29,30,31,34). The van der Waals surface area contributed by atoms with Crippen molar-refractivity contribution in [3.8, 4) is 0 Å². The summed E-state index contributed by atoms with van der Waals surface area (Å²) in [5.74, 6) is -3.87. The van der Waals surface area contributed by atoms with Crippen LogP contribution in [0.3, 0.4) is 0 Å². The number of amides is 2. The van der Waals surface area contributed by atoms with Crippen molar-refractivity contribution in [3.63, 3.8) is 0 Å². The summed E-state index contributed by atoms with van der Waals surface area (Å²) >= 11 is 5.85. The third-order valence-corrected chi connectivity index (χ3v) is 5.49. The highest BCUT2D eigenvalue weighted by atomic mass is 35.5. The van der Waals surface area contributed by atoms with Gasteiger partial charge in [-0.25, -0.2) is 8.78 Å². The van der Waals surface area contributed by atoms with Crippen LogP contribution >= 0.6 is 11.6 Å². The maximum Gasteiger partial charge on any atom is 0.310 e. The molecule has 0 atom stereocenters. The molecule has 0 saturated carbocycles. The van der Waals surface area contributed by atoms with Crippen LogP contribution < -0.4 is 10.2 Å². The molecule has 0 fully saturated rings. The molecule has 0 saturated heterocycles. The van der Waals surface area contributed by atoms with Crippen molar-refractivity contribution in [2.24, 2.45) is 0 Å². The first-order valence-electron chi connectivity index (χ1n) is 11.3. The molecule has 0 radical (unpaired) electrons. The highest BCUT2D eigenvalue weighted by Gasteiger charge is 2.22. The zero-order chi connectivity index (χ0) is 26.2. The molecule has 2 aromatic carbocycles. The van der Waals surface area contributed by atoms with Gasteiger partial charge in [-0.15, -0.1) is 0 Å². The zero-order valence-electron chi connectivity index (χ0n) is 19.7. The van der Waals surface area contributed by atoms with Crippen LogP contribution in [-0.4, -0.2) is 41.1 Å². The second-order valence-electron chi connectivity index (χ2n) is 7.83. The Morgan fingerprint density at radius 3 is 2.44 bits per heavy atom. The van der Waals surface area contributed by atoms with Crippen LogP contribution in [-0.2, 0) is 16.0 Å². The summed E-state index contributed by atoms with van der Waals surface area (Å²) in [6, 6.07) is 9.71. The van der Waals surface area contributed by atoms with Crippen LogP contribution in [0.2, 0.25) is 5.02 Å². The number of rotatable bonds is 10. The van der Waals surface area contributed by atoms with Gasteiger partial charge in [-0.1, -0.05) is 37.1 Å². The van der Waals surface area contributed by atoms with Crippen LogP contribution in [0.1, 0.15) is 53.1 Å². The number of anilines is 2. The topological polar surface area (TPSA) is 104 Å². The number of aromatic nitrogens is 2. The fraction of sp³-hybridized carbons (Fsp3) is 0.280. The van der Waals surface area contributed by atoms with E-state index in [2.05, 4.69) is 15.5 Å². The molecule has 0 spiro atoms. The molecule has 3 rings (SSSR count). The summed E-state index contributed by atoms with van der Waals surface area (Å²) < 4.78 is 31.8. The molecule has 36 heavy (non-hydrogen) atoms. The van der Waals surface area contributed by atoms with Gasteiger partial charge in [-0.2, -0.15) is 5.10 Å². The molecule has 3 aromatic rings. The summed E-state index contributed by atoms with van der Waals surface area (Å²) in [6.07, 6.45) is 1.71. The number of hydrogen-bond acceptors (Lipinski definition) is 5. The monoisotopic (exact) mass is 518 g/mol. The van der Waals surface area contributed by atoms with Crippen molar-refractivity contribution in [2.45, 2.75) is 33.1 Å². The van der Waals surface area contributed by atoms with Crippen molar-refractivity contribution >= 4 is 40.9 Å². The van der Waals surface area contributed by atoms with E-state index in [4.69, 9.17) is 16.3 Å². The lowest BCUT2D eigenvalue weighted by molar-refractivity contribution is -0.142. The molecule has 0 unspecified atom stereocenters. The first kappa shape index (κ1) is 26.8. The molecule has 8 nitrogen and oxygen atoms in total. The quantitative estimate of drug-likeness (QED) is 0.285. The Labute approximate surface area is 211 Å². The summed E-state index contributed by atoms with van der Waals surface area (Å²) in [6.45, 7) is 4.46. The average Bonchev–Trinajstić information content (AvgIpc) is 3.31. The number of nitrogens with zero attached hydrogens (tertiary/aromatic N) is 2. The lowest BCUT2D eigenvalue weighted by atomic mass is 10.1. The predicted molar refractivity (Wildman–Crippen MR) is 131 cm³/mol. The molecular weight excluding hydrogens is 494 g/mol. The van der Waals surface area contributed by atoms with Gasteiger partial charge in [0.25, 0.3) is 11.8 Å². The highest BCUT2D eigenvalue weighted by molar-refractivity contribution is 6.34. The van der Waals surface area contributed by atoms with E-state index >= 15 is 0 Å². The van der Waals surface area contributed by atoms with Crippen LogP contribution in [0, 0.1) is 11.6 Å². The molecule has 1 aromatic heterocycles. The minimum atomic E-state index is -1.22. The van der Waals surface area contributed by atoms with Crippen molar-refractivity contribution < 1.29 is 27.9 Å². The van der Waals surface area contributed by atoms with Gasteiger partial charge < -0.3 is 15.0 Å². The van der Waals surface area contributed by atoms with Crippen LogP contribution in [0.15, 0.2) is 42.5 Å². The number of aromatic amines is 1. The molecule has 0 aliphatic rings. The van der Waals surface area contributed by atoms with E-state index in [0.717, 1.165) is 18.4 Å². The zero-order valence-corrected chi connectivity index (χ0v) is 20.5. The van der Waals surface area contributed by atoms with Gasteiger partial charge in [0.2, 0.25) is 0 Å². The number of unbranched alkanes of at least 4 members (excludes halogenated alkanes) is 1. The molecule has 0 bridgehead atoms. The second kappa shape index (κ2) is 12.3. The van der Waals surface area contributed by atoms with Gasteiger partial charge in [-0.3, -0.25) is 19.5 Å². The lowest BCUT2D eigenvalue weighted by Crippen LogP contribution is -2.32. The van der Waals surface area contributed by atoms with E-state index in [-0.39, 0.29) is 34.5 Å². The highest BCUT2D eigenvalue weighted by Crippen LogP contribution is 2.23. The summed E-state index contributed by atoms with van der Waals surface area (Å²) in [5.41, 5.74) is 1.13. The van der Waals surface area contributed by atoms with Gasteiger partial charge in [-0.05, 0) is 43.2 Å². The second-order valence-corrected chi connectivity index (χ2v) is 8.23. The minimum absolute atomic E-state index is 0.0355. The first-order valence-corrected chi connectivity index (χ1v) is 11.7. The third-order valence-electron chi connectivity index (χ3n) is 5.18. The van der Waals surface area contributed by atoms with Gasteiger partial charge in [0.05, 0.1) is 23.6 Å². The summed E-state index contributed by atoms with van der Waals surface area (Å²) in [5, 5.41) is 8.71. The Hall–Kier alpha value is -3.79. The molecule has 190 valence electrons. The van der Waals surface area contributed by atoms with Crippen LogP contribution in [0.25, 0.3) is 0 Å². The number of halogens is 3. The van der Waals surface area contributed by atoms with Gasteiger partial charge >= 0.3 is 5.97 Å². The van der Waals surface area contributed by atoms with Crippen molar-refractivity contribution in [3.05, 3.63) is 75.9 Å². The van der Waals surface area contributed by atoms with E-state index in [1.165, 1.54) is 6.07 Å². The van der Waals surface area contributed by atoms with Crippen LogP contribution in [0.5, 0.6) is 0 Å². The smallest absolute Gasteiger partial charge is 0.310 e. The number of esters is 1. The fourth-order valence-electron chi connectivity index (χ4n) is 3.36. The molecule has 1 heterocycles. The normalized spacial score (nSPS) is 10.7. The number of carbonyl (C=O) groups is 3.